The Morgan fingerprint density at radius 3 is 2.68 bits per heavy atom. The quantitative estimate of drug-likeness (QED) is 0.723. The molecule has 0 saturated heterocycles. The molecule has 0 radical (unpaired) electrons. The first-order chi connectivity index (χ1) is 9.15. The maximum absolute atomic E-state index is 11.7. The van der Waals surface area contributed by atoms with Crippen LogP contribution in [0.1, 0.15) is 5.56 Å². The van der Waals surface area contributed by atoms with Crippen molar-refractivity contribution in [3.8, 4) is 11.1 Å². The summed E-state index contributed by atoms with van der Waals surface area (Å²) in [5.74, 6) is 0.331. The van der Waals surface area contributed by atoms with Gasteiger partial charge in [0.25, 0.3) is 0 Å². The van der Waals surface area contributed by atoms with Crippen LogP contribution in [0.25, 0.3) is 22.2 Å². The topological polar surface area (TPSA) is 69.1 Å². The molecule has 0 aliphatic rings. The molecular formula is C15H12N2O2. The average Bonchev–Trinajstić information content (AvgIpc) is 2.38. The number of hydrogen-bond acceptors (Lipinski definition) is 4. The molecule has 0 bridgehead atoms. The molecule has 2 heterocycles. The number of pyridine rings is 1. The fourth-order valence-electron chi connectivity index (χ4n) is 2.16. The van der Waals surface area contributed by atoms with E-state index in [-0.39, 0.29) is 5.71 Å². The maximum atomic E-state index is 11.7. The third kappa shape index (κ3) is 1.97. The van der Waals surface area contributed by atoms with Crippen LogP contribution < -0.4 is 11.4 Å². The number of rotatable bonds is 1. The molecule has 1 aromatic carbocycles. The minimum atomic E-state index is -0.427. The van der Waals surface area contributed by atoms with E-state index in [1.54, 1.807) is 6.07 Å². The number of aryl methyl sites for hydroxylation is 1. The Morgan fingerprint density at radius 2 is 1.89 bits per heavy atom. The van der Waals surface area contributed by atoms with Gasteiger partial charge in [-0.05, 0) is 30.2 Å². The highest BCUT2D eigenvalue weighted by atomic mass is 16.4. The lowest BCUT2D eigenvalue weighted by Gasteiger charge is -2.08. The molecule has 2 aromatic heterocycles. The van der Waals surface area contributed by atoms with E-state index in [1.807, 2.05) is 37.3 Å². The molecular weight excluding hydrogens is 240 g/mol. The van der Waals surface area contributed by atoms with Crippen LogP contribution in [0, 0.1) is 6.92 Å². The average molecular weight is 252 g/mol. The molecule has 4 nitrogen and oxygen atoms in total. The molecule has 0 aliphatic carbocycles. The van der Waals surface area contributed by atoms with E-state index in [2.05, 4.69) is 4.98 Å². The molecule has 19 heavy (non-hydrogen) atoms. The van der Waals surface area contributed by atoms with Gasteiger partial charge in [-0.2, -0.15) is 4.98 Å². The summed E-state index contributed by atoms with van der Waals surface area (Å²) in [6.45, 7) is 2.00. The van der Waals surface area contributed by atoms with Crippen LogP contribution in [-0.4, -0.2) is 4.98 Å². The molecule has 3 rings (SSSR count). The van der Waals surface area contributed by atoms with Crippen molar-refractivity contribution in [3.63, 3.8) is 0 Å². The third-order valence-corrected chi connectivity index (χ3v) is 3.07. The maximum Gasteiger partial charge on any atom is 0.338 e. The lowest BCUT2D eigenvalue weighted by atomic mass is 9.99. The van der Waals surface area contributed by atoms with Gasteiger partial charge in [-0.1, -0.05) is 24.3 Å². The molecule has 0 unspecified atom stereocenters. The summed E-state index contributed by atoms with van der Waals surface area (Å²) in [6, 6.07) is 12.9. The third-order valence-electron chi connectivity index (χ3n) is 3.07. The first kappa shape index (κ1) is 11.5. The molecule has 0 aliphatic heterocycles. The highest BCUT2D eigenvalue weighted by Gasteiger charge is 2.10. The summed E-state index contributed by atoms with van der Waals surface area (Å²) < 4.78 is 5.10. The van der Waals surface area contributed by atoms with Crippen LogP contribution in [0.15, 0.2) is 51.7 Å². The number of aromatic nitrogens is 1. The SMILES string of the molecule is Cc1ccccc1-c1cc(=O)oc2nc(N)ccc12. The second-order valence-corrected chi connectivity index (χ2v) is 4.38. The largest absolute Gasteiger partial charge is 0.404 e. The number of nitrogen functional groups attached to an aromatic ring is 1. The monoisotopic (exact) mass is 252 g/mol. The van der Waals surface area contributed by atoms with Gasteiger partial charge in [-0.25, -0.2) is 4.79 Å². The molecule has 3 aromatic rings. The highest BCUT2D eigenvalue weighted by molar-refractivity contribution is 5.92. The Labute approximate surface area is 109 Å². The molecule has 94 valence electrons. The first-order valence-corrected chi connectivity index (χ1v) is 5.91. The van der Waals surface area contributed by atoms with E-state index >= 15 is 0 Å². The normalized spacial score (nSPS) is 10.8. The summed E-state index contributed by atoms with van der Waals surface area (Å²) in [7, 11) is 0. The molecule has 0 atom stereocenters. The summed E-state index contributed by atoms with van der Waals surface area (Å²) in [4.78, 5) is 15.7. The molecule has 0 amide bonds. The zero-order valence-corrected chi connectivity index (χ0v) is 10.4. The van der Waals surface area contributed by atoms with Crippen LogP contribution in [0.2, 0.25) is 0 Å². The van der Waals surface area contributed by atoms with Gasteiger partial charge in [0.2, 0.25) is 5.71 Å². The predicted octanol–water partition coefficient (Wildman–Crippen LogP) is 2.75. The van der Waals surface area contributed by atoms with Crippen molar-refractivity contribution in [1.29, 1.82) is 0 Å². The Bertz CT molecular complexity index is 822. The van der Waals surface area contributed by atoms with Gasteiger partial charge in [-0.15, -0.1) is 0 Å². The van der Waals surface area contributed by atoms with E-state index in [1.165, 1.54) is 6.07 Å². The van der Waals surface area contributed by atoms with E-state index in [0.717, 1.165) is 22.1 Å². The van der Waals surface area contributed by atoms with Gasteiger partial charge < -0.3 is 10.2 Å². The van der Waals surface area contributed by atoms with Gasteiger partial charge >= 0.3 is 5.63 Å². The molecule has 4 heteroatoms. The van der Waals surface area contributed by atoms with Crippen LogP contribution in [-0.2, 0) is 0 Å². The van der Waals surface area contributed by atoms with Crippen molar-refractivity contribution in [2.45, 2.75) is 6.92 Å². The Balaban J connectivity index is 2.41. The van der Waals surface area contributed by atoms with Crippen molar-refractivity contribution in [2.75, 3.05) is 5.73 Å². The summed E-state index contributed by atoms with van der Waals surface area (Å²) in [5, 5.41) is 0.781. The van der Waals surface area contributed by atoms with Crippen LogP contribution in [0.3, 0.4) is 0 Å². The van der Waals surface area contributed by atoms with Gasteiger partial charge in [0.15, 0.2) is 0 Å². The number of benzene rings is 1. The zero-order valence-electron chi connectivity index (χ0n) is 10.4. The van der Waals surface area contributed by atoms with E-state index < -0.39 is 5.63 Å². The van der Waals surface area contributed by atoms with Crippen molar-refractivity contribution >= 4 is 16.9 Å². The van der Waals surface area contributed by atoms with E-state index in [4.69, 9.17) is 10.2 Å². The predicted molar refractivity (Wildman–Crippen MR) is 74.9 cm³/mol. The number of hydrogen-bond donors (Lipinski definition) is 1. The summed E-state index contributed by atoms with van der Waals surface area (Å²) >= 11 is 0. The van der Waals surface area contributed by atoms with Gasteiger partial charge in [0, 0.05) is 17.0 Å². The minimum absolute atomic E-state index is 0.269. The van der Waals surface area contributed by atoms with Crippen LogP contribution in [0.5, 0.6) is 0 Å². The van der Waals surface area contributed by atoms with Gasteiger partial charge in [0.1, 0.15) is 5.82 Å². The van der Waals surface area contributed by atoms with E-state index in [9.17, 15) is 4.79 Å². The fraction of sp³-hybridized carbons (Fsp3) is 0.0667. The lowest BCUT2D eigenvalue weighted by molar-refractivity contribution is 0.550. The number of fused-ring (bicyclic) bond motifs is 1. The summed E-state index contributed by atoms with van der Waals surface area (Å²) in [5.41, 5.74) is 8.36. The first-order valence-electron chi connectivity index (χ1n) is 5.91. The standard InChI is InChI=1S/C15H12N2O2/c1-9-4-2-3-5-10(9)12-8-14(18)19-15-11(12)6-7-13(16)17-15/h2-8H,1H3,(H2,16,17). The second kappa shape index (κ2) is 4.24. The van der Waals surface area contributed by atoms with Crippen molar-refractivity contribution in [2.24, 2.45) is 0 Å². The van der Waals surface area contributed by atoms with Gasteiger partial charge in [-0.3, -0.25) is 0 Å². The lowest BCUT2D eigenvalue weighted by Crippen LogP contribution is -2.01. The Morgan fingerprint density at radius 1 is 1.11 bits per heavy atom. The number of nitrogens with two attached hydrogens (primary N) is 1. The molecule has 0 saturated carbocycles. The number of anilines is 1. The van der Waals surface area contributed by atoms with Crippen molar-refractivity contribution in [1.82, 2.24) is 4.98 Å². The molecule has 0 spiro atoms. The Kier molecular flexibility index (Phi) is 2.56. The molecule has 0 fully saturated rings. The second-order valence-electron chi connectivity index (χ2n) is 4.38. The number of nitrogens with zero attached hydrogens (tertiary/aromatic N) is 1. The van der Waals surface area contributed by atoms with Crippen molar-refractivity contribution < 1.29 is 4.42 Å². The van der Waals surface area contributed by atoms with Crippen molar-refractivity contribution in [3.05, 3.63) is 58.4 Å². The fourth-order valence-corrected chi connectivity index (χ4v) is 2.16. The zero-order chi connectivity index (χ0) is 13.4. The summed E-state index contributed by atoms with van der Waals surface area (Å²) in [6.07, 6.45) is 0. The smallest absolute Gasteiger partial charge is 0.338 e. The molecule has 2 N–H and O–H groups in total. The van der Waals surface area contributed by atoms with Gasteiger partial charge in [0.05, 0.1) is 0 Å². The van der Waals surface area contributed by atoms with Crippen LogP contribution >= 0.6 is 0 Å². The highest BCUT2D eigenvalue weighted by Crippen LogP contribution is 2.29. The van der Waals surface area contributed by atoms with Crippen LogP contribution in [0.4, 0.5) is 5.82 Å². The van der Waals surface area contributed by atoms with E-state index in [0.29, 0.717) is 5.82 Å². The minimum Gasteiger partial charge on any atom is -0.404 e. The Hall–Kier alpha value is -2.62.